The molecule has 0 aliphatic heterocycles. The average Bonchev–Trinajstić information content (AvgIpc) is 2.77. The van der Waals surface area contributed by atoms with Crippen LogP contribution < -0.4 is 11.5 Å². The summed E-state index contributed by atoms with van der Waals surface area (Å²) in [5.74, 6) is 0.0690. The molecule has 0 spiro atoms. The van der Waals surface area contributed by atoms with E-state index < -0.39 is 0 Å². The largest absolute Gasteiger partial charge is 0.399 e. The second kappa shape index (κ2) is 14.8. The molecule has 1 unspecified atom stereocenters. The first-order valence-corrected chi connectivity index (χ1v) is 13.2. The molecular formula is C30H46N2O. The van der Waals surface area contributed by atoms with Crippen molar-refractivity contribution in [3.63, 3.8) is 0 Å². The summed E-state index contributed by atoms with van der Waals surface area (Å²) in [6.07, 6.45) is 16.7. The molecule has 0 amide bonds. The lowest BCUT2D eigenvalue weighted by Gasteiger charge is -2.20. The van der Waals surface area contributed by atoms with Crippen molar-refractivity contribution in [1.82, 2.24) is 0 Å². The molecule has 0 radical (unpaired) electrons. The number of ketones is 1. The van der Waals surface area contributed by atoms with Gasteiger partial charge in [-0.3, -0.25) is 4.79 Å². The molecule has 0 saturated heterocycles. The first-order chi connectivity index (χ1) is 15.9. The molecule has 0 heterocycles. The molecular weight excluding hydrogens is 404 g/mol. The maximum absolute atomic E-state index is 13.6. The highest BCUT2D eigenvalue weighted by atomic mass is 16.1. The summed E-state index contributed by atoms with van der Waals surface area (Å²) < 4.78 is 0. The van der Waals surface area contributed by atoms with Gasteiger partial charge in [-0.15, -0.1) is 0 Å². The van der Waals surface area contributed by atoms with Gasteiger partial charge in [0.25, 0.3) is 0 Å². The van der Waals surface area contributed by atoms with E-state index in [-0.39, 0.29) is 11.7 Å². The van der Waals surface area contributed by atoms with Gasteiger partial charge in [-0.05, 0) is 67.3 Å². The number of benzene rings is 2. The predicted molar refractivity (Wildman–Crippen MR) is 144 cm³/mol. The number of anilines is 2. The average molecular weight is 451 g/mol. The first-order valence-electron chi connectivity index (χ1n) is 13.2. The zero-order valence-corrected chi connectivity index (χ0v) is 21.3. The number of nitrogen functional groups attached to an aromatic ring is 2. The molecule has 0 aliphatic carbocycles. The minimum absolute atomic E-state index is 0.129. The number of nitrogens with two attached hydrogens (primary N) is 2. The van der Waals surface area contributed by atoms with Crippen LogP contribution in [-0.2, 0) is 0 Å². The Morgan fingerprint density at radius 2 is 1.18 bits per heavy atom. The van der Waals surface area contributed by atoms with Crippen LogP contribution in [0.25, 0.3) is 0 Å². The van der Waals surface area contributed by atoms with Crippen molar-refractivity contribution < 1.29 is 4.79 Å². The number of hydrogen-bond acceptors (Lipinski definition) is 3. The highest BCUT2D eigenvalue weighted by molar-refractivity contribution is 6.02. The van der Waals surface area contributed by atoms with Crippen molar-refractivity contribution in [2.24, 2.45) is 0 Å². The molecule has 4 N–H and O–H groups in total. The smallest absolute Gasteiger partial charge is 0.170 e. The summed E-state index contributed by atoms with van der Waals surface area (Å²) >= 11 is 0. The van der Waals surface area contributed by atoms with Crippen LogP contribution in [0.2, 0.25) is 0 Å². The van der Waals surface area contributed by atoms with Crippen molar-refractivity contribution in [3.8, 4) is 0 Å². The molecule has 2 aromatic carbocycles. The van der Waals surface area contributed by atoms with Gasteiger partial charge in [-0.2, -0.15) is 0 Å². The molecule has 2 rings (SSSR count). The number of Topliss-reactive ketones (excluding diaryl/α,β-unsaturated/α-hetero) is 1. The summed E-state index contributed by atoms with van der Waals surface area (Å²) in [6, 6.07) is 11.5. The number of carbonyl (C=O) groups excluding carboxylic acids is 1. The molecule has 0 bridgehead atoms. The molecule has 0 saturated carbocycles. The number of carbonyl (C=O) groups is 1. The standard InChI is InChI=1S/C30H46N2O/c1-4-5-6-7-8-9-10-11-12-13-14-15-16-29(27-19-17-25(31)21-23(27)2)30(33)28-20-18-26(32)22-24(28)3/h17-22,29H,4-16,31-32H2,1-3H3. The highest BCUT2D eigenvalue weighted by Crippen LogP contribution is 2.31. The Balaban J connectivity index is 1.86. The van der Waals surface area contributed by atoms with Gasteiger partial charge in [-0.25, -0.2) is 0 Å². The van der Waals surface area contributed by atoms with Crippen molar-refractivity contribution in [3.05, 3.63) is 58.7 Å². The Labute approximate surface area is 202 Å². The van der Waals surface area contributed by atoms with Gasteiger partial charge in [0, 0.05) is 22.9 Å². The number of rotatable bonds is 16. The predicted octanol–water partition coefficient (Wildman–Crippen LogP) is 8.53. The molecule has 1 atom stereocenters. The van der Waals surface area contributed by atoms with Crippen molar-refractivity contribution in [2.75, 3.05) is 11.5 Å². The lowest BCUT2D eigenvalue weighted by atomic mass is 9.83. The van der Waals surface area contributed by atoms with Gasteiger partial charge in [0.2, 0.25) is 0 Å². The quantitative estimate of drug-likeness (QED) is 0.153. The topological polar surface area (TPSA) is 69.1 Å². The van der Waals surface area contributed by atoms with Gasteiger partial charge in [0.1, 0.15) is 0 Å². The summed E-state index contributed by atoms with van der Waals surface area (Å²) in [7, 11) is 0. The van der Waals surface area contributed by atoms with Gasteiger partial charge in [0.15, 0.2) is 5.78 Å². The van der Waals surface area contributed by atoms with Crippen LogP contribution in [0.15, 0.2) is 36.4 Å². The fourth-order valence-corrected chi connectivity index (χ4v) is 4.86. The number of aryl methyl sites for hydroxylation is 2. The van der Waals surface area contributed by atoms with Gasteiger partial charge in [-0.1, -0.05) is 90.0 Å². The van der Waals surface area contributed by atoms with Crippen LogP contribution in [0.1, 0.15) is 123 Å². The Hall–Kier alpha value is -2.29. The van der Waals surface area contributed by atoms with Crippen LogP contribution in [-0.4, -0.2) is 5.78 Å². The van der Waals surface area contributed by atoms with Crippen molar-refractivity contribution in [1.29, 1.82) is 0 Å². The summed E-state index contributed by atoms with van der Waals surface area (Å²) in [6.45, 7) is 6.30. The lowest BCUT2D eigenvalue weighted by molar-refractivity contribution is 0.0952. The fraction of sp³-hybridized carbons (Fsp3) is 0.567. The summed E-state index contributed by atoms with van der Waals surface area (Å²) in [5.41, 5.74) is 17.3. The molecule has 33 heavy (non-hydrogen) atoms. The maximum atomic E-state index is 13.6. The highest BCUT2D eigenvalue weighted by Gasteiger charge is 2.24. The molecule has 3 nitrogen and oxygen atoms in total. The van der Waals surface area contributed by atoms with E-state index in [1.165, 1.54) is 70.6 Å². The van der Waals surface area contributed by atoms with E-state index in [0.29, 0.717) is 5.69 Å². The molecule has 3 heteroatoms. The van der Waals surface area contributed by atoms with E-state index in [9.17, 15) is 4.79 Å². The number of hydrogen-bond donors (Lipinski definition) is 2. The van der Waals surface area contributed by atoms with Gasteiger partial charge < -0.3 is 11.5 Å². The molecule has 0 aromatic heterocycles. The molecule has 2 aromatic rings. The van der Waals surface area contributed by atoms with E-state index in [0.717, 1.165) is 40.8 Å². The lowest BCUT2D eigenvalue weighted by Crippen LogP contribution is -2.16. The third-order valence-corrected chi connectivity index (χ3v) is 6.85. The van der Waals surface area contributed by atoms with Crippen LogP contribution >= 0.6 is 0 Å². The number of unbranched alkanes of at least 4 members (excludes halogenated alkanes) is 11. The normalized spacial score (nSPS) is 12.1. The van der Waals surface area contributed by atoms with E-state index in [1.54, 1.807) is 0 Å². The Bertz CT molecular complexity index is 858. The first kappa shape index (κ1) is 27.0. The van der Waals surface area contributed by atoms with Crippen LogP contribution in [0.5, 0.6) is 0 Å². The van der Waals surface area contributed by atoms with E-state index in [2.05, 4.69) is 13.8 Å². The van der Waals surface area contributed by atoms with E-state index in [1.807, 2.05) is 43.3 Å². The minimum atomic E-state index is -0.129. The van der Waals surface area contributed by atoms with Gasteiger partial charge >= 0.3 is 0 Å². The SMILES string of the molecule is CCCCCCCCCCCCCCC(C(=O)c1ccc(N)cc1C)c1ccc(N)cc1C. The van der Waals surface area contributed by atoms with Crippen LogP contribution in [0.4, 0.5) is 11.4 Å². The fourth-order valence-electron chi connectivity index (χ4n) is 4.86. The minimum Gasteiger partial charge on any atom is -0.399 e. The van der Waals surface area contributed by atoms with E-state index >= 15 is 0 Å². The van der Waals surface area contributed by atoms with Gasteiger partial charge in [0.05, 0.1) is 0 Å². The summed E-state index contributed by atoms with van der Waals surface area (Å²) in [4.78, 5) is 13.6. The maximum Gasteiger partial charge on any atom is 0.170 e. The van der Waals surface area contributed by atoms with Crippen LogP contribution in [0.3, 0.4) is 0 Å². The Morgan fingerprint density at radius 1 is 0.697 bits per heavy atom. The van der Waals surface area contributed by atoms with Crippen molar-refractivity contribution >= 4 is 17.2 Å². The van der Waals surface area contributed by atoms with E-state index in [4.69, 9.17) is 11.5 Å². The zero-order valence-electron chi connectivity index (χ0n) is 21.3. The monoisotopic (exact) mass is 450 g/mol. The zero-order chi connectivity index (χ0) is 24.1. The van der Waals surface area contributed by atoms with Crippen molar-refractivity contribution in [2.45, 2.75) is 110 Å². The molecule has 0 aliphatic rings. The Morgan fingerprint density at radius 3 is 1.70 bits per heavy atom. The second-order valence-electron chi connectivity index (χ2n) is 9.78. The molecule has 0 fully saturated rings. The second-order valence-corrected chi connectivity index (χ2v) is 9.78. The third kappa shape index (κ3) is 9.23. The summed E-state index contributed by atoms with van der Waals surface area (Å²) in [5, 5.41) is 0. The third-order valence-electron chi connectivity index (χ3n) is 6.85. The Kier molecular flexibility index (Phi) is 12.1. The molecule has 182 valence electrons. The van der Waals surface area contributed by atoms with Crippen LogP contribution in [0, 0.1) is 13.8 Å².